The zero-order valence-corrected chi connectivity index (χ0v) is 14.0. The average Bonchev–Trinajstić information content (AvgIpc) is 2.58. The molecule has 132 valence electrons. The number of benzene rings is 2. The molecule has 6 heteroatoms. The van der Waals surface area contributed by atoms with Crippen LogP contribution in [0.3, 0.4) is 0 Å². The lowest BCUT2D eigenvalue weighted by Gasteiger charge is -2.32. The van der Waals surface area contributed by atoms with Crippen LogP contribution in [0.25, 0.3) is 0 Å². The molecular weight excluding hydrogens is 325 g/mol. The molecule has 0 radical (unpaired) electrons. The van der Waals surface area contributed by atoms with E-state index in [9.17, 15) is 19.1 Å². The van der Waals surface area contributed by atoms with Gasteiger partial charge in [0.1, 0.15) is 18.5 Å². The Morgan fingerprint density at radius 2 is 1.72 bits per heavy atom. The van der Waals surface area contributed by atoms with Gasteiger partial charge in [-0.2, -0.15) is 0 Å². The molecule has 5 nitrogen and oxygen atoms in total. The number of carboxylic acids is 1. The molecule has 2 rings (SSSR count). The molecule has 0 aromatic heterocycles. The molecule has 1 atom stereocenters. The van der Waals surface area contributed by atoms with Crippen LogP contribution in [0.4, 0.5) is 9.18 Å². The third-order valence-electron chi connectivity index (χ3n) is 4.03. The summed E-state index contributed by atoms with van der Waals surface area (Å²) in [6.07, 6.45) is -0.827. The zero-order valence-electron chi connectivity index (χ0n) is 14.0. The maximum atomic E-state index is 13.1. The second-order valence-electron chi connectivity index (χ2n) is 6.21. The summed E-state index contributed by atoms with van der Waals surface area (Å²) in [4.78, 5) is 23.7. The van der Waals surface area contributed by atoms with Gasteiger partial charge in [0, 0.05) is 5.41 Å². The van der Waals surface area contributed by atoms with Crippen LogP contribution in [0.5, 0.6) is 0 Å². The fourth-order valence-corrected chi connectivity index (χ4v) is 2.48. The lowest BCUT2D eigenvalue weighted by molar-refractivity contribution is -0.141. The van der Waals surface area contributed by atoms with Crippen molar-refractivity contribution in [3.63, 3.8) is 0 Å². The van der Waals surface area contributed by atoms with Crippen molar-refractivity contribution in [2.75, 3.05) is 0 Å². The van der Waals surface area contributed by atoms with Crippen LogP contribution in [0.15, 0.2) is 54.6 Å². The SMILES string of the molecule is CC(C)(c1ccc(F)cc1)C(NC(=O)OCc1ccccc1)C(=O)O. The standard InChI is InChI=1S/C19H20FNO4/c1-19(2,14-8-10-15(20)11-9-14)16(17(22)23)21-18(24)25-12-13-6-4-3-5-7-13/h3-11,16H,12H2,1-2H3,(H,21,24)(H,22,23). The van der Waals surface area contributed by atoms with Gasteiger partial charge in [-0.15, -0.1) is 0 Å². The third kappa shape index (κ3) is 4.79. The van der Waals surface area contributed by atoms with E-state index < -0.39 is 29.3 Å². The van der Waals surface area contributed by atoms with Crippen LogP contribution in [0.1, 0.15) is 25.0 Å². The Kier molecular flexibility index (Phi) is 5.75. The quantitative estimate of drug-likeness (QED) is 0.840. The first-order chi connectivity index (χ1) is 11.8. The number of carbonyl (C=O) groups is 2. The smallest absolute Gasteiger partial charge is 0.408 e. The predicted molar refractivity (Wildman–Crippen MR) is 90.6 cm³/mol. The Balaban J connectivity index is 2.07. The van der Waals surface area contributed by atoms with Gasteiger partial charge >= 0.3 is 12.1 Å². The fraction of sp³-hybridized carbons (Fsp3) is 0.263. The molecule has 0 spiro atoms. The van der Waals surface area contributed by atoms with E-state index >= 15 is 0 Å². The van der Waals surface area contributed by atoms with Crippen LogP contribution in [0, 0.1) is 5.82 Å². The molecule has 0 saturated heterocycles. The molecule has 0 heterocycles. The van der Waals surface area contributed by atoms with Crippen molar-refractivity contribution in [1.82, 2.24) is 5.32 Å². The summed E-state index contributed by atoms with van der Waals surface area (Å²) in [6, 6.07) is 13.3. The molecular formula is C19H20FNO4. The molecule has 2 N–H and O–H groups in total. The van der Waals surface area contributed by atoms with Crippen molar-refractivity contribution in [1.29, 1.82) is 0 Å². The predicted octanol–water partition coefficient (Wildman–Crippen LogP) is 3.48. The Morgan fingerprint density at radius 3 is 2.28 bits per heavy atom. The van der Waals surface area contributed by atoms with E-state index in [1.165, 1.54) is 24.3 Å². The number of aliphatic carboxylic acids is 1. The van der Waals surface area contributed by atoms with Crippen molar-refractivity contribution >= 4 is 12.1 Å². The van der Waals surface area contributed by atoms with Crippen LogP contribution >= 0.6 is 0 Å². The van der Waals surface area contributed by atoms with Crippen molar-refractivity contribution in [2.45, 2.75) is 31.9 Å². The summed E-state index contributed by atoms with van der Waals surface area (Å²) in [6.45, 7) is 3.36. The molecule has 2 aromatic carbocycles. The molecule has 0 fully saturated rings. The number of alkyl carbamates (subject to hydrolysis) is 1. The Morgan fingerprint density at radius 1 is 1.12 bits per heavy atom. The van der Waals surface area contributed by atoms with Gasteiger partial charge in [0.25, 0.3) is 0 Å². The second-order valence-corrected chi connectivity index (χ2v) is 6.21. The summed E-state index contributed by atoms with van der Waals surface area (Å²) < 4.78 is 18.2. The Bertz CT molecular complexity index is 729. The van der Waals surface area contributed by atoms with Gasteiger partial charge in [0.15, 0.2) is 0 Å². The zero-order chi connectivity index (χ0) is 18.4. The molecule has 2 aromatic rings. The van der Waals surface area contributed by atoms with Gasteiger partial charge in [0.2, 0.25) is 0 Å². The molecule has 0 saturated carbocycles. The number of carboxylic acid groups (broad SMARTS) is 1. The molecule has 25 heavy (non-hydrogen) atoms. The second kappa shape index (κ2) is 7.79. The minimum Gasteiger partial charge on any atom is -0.480 e. The van der Waals surface area contributed by atoms with Crippen LogP contribution in [-0.2, 0) is 21.6 Å². The van der Waals surface area contributed by atoms with E-state index in [0.717, 1.165) is 5.56 Å². The minimum atomic E-state index is -1.23. The number of hydrogen-bond acceptors (Lipinski definition) is 3. The van der Waals surface area contributed by atoms with Gasteiger partial charge in [-0.1, -0.05) is 56.3 Å². The van der Waals surface area contributed by atoms with Crippen LogP contribution in [-0.4, -0.2) is 23.2 Å². The topological polar surface area (TPSA) is 75.6 Å². The summed E-state index contributed by atoms with van der Waals surface area (Å²) in [7, 11) is 0. The normalized spacial score (nSPS) is 12.3. The van der Waals surface area contributed by atoms with Gasteiger partial charge in [-0.25, -0.2) is 14.0 Å². The van der Waals surface area contributed by atoms with Crippen molar-refractivity contribution in [3.05, 3.63) is 71.5 Å². The number of halogens is 1. The summed E-state index contributed by atoms with van der Waals surface area (Å²) in [5, 5.41) is 11.9. The summed E-state index contributed by atoms with van der Waals surface area (Å²) >= 11 is 0. The van der Waals surface area contributed by atoms with E-state index in [1.54, 1.807) is 26.0 Å². The Hall–Kier alpha value is -2.89. The largest absolute Gasteiger partial charge is 0.480 e. The van der Waals surface area contributed by atoms with E-state index in [1.807, 2.05) is 18.2 Å². The maximum absolute atomic E-state index is 13.1. The van der Waals surface area contributed by atoms with Crippen LogP contribution in [0.2, 0.25) is 0 Å². The van der Waals surface area contributed by atoms with Gasteiger partial charge in [-0.05, 0) is 23.3 Å². The molecule has 0 aliphatic carbocycles. The lowest BCUT2D eigenvalue weighted by atomic mass is 9.77. The number of hydrogen-bond donors (Lipinski definition) is 2. The monoisotopic (exact) mass is 345 g/mol. The minimum absolute atomic E-state index is 0.0377. The Labute approximate surface area is 145 Å². The van der Waals surface area contributed by atoms with Crippen molar-refractivity contribution in [3.8, 4) is 0 Å². The van der Waals surface area contributed by atoms with Gasteiger partial charge < -0.3 is 15.2 Å². The molecule has 1 unspecified atom stereocenters. The number of amides is 1. The third-order valence-corrected chi connectivity index (χ3v) is 4.03. The molecule has 0 aliphatic rings. The van der Waals surface area contributed by atoms with Gasteiger partial charge in [-0.3, -0.25) is 0 Å². The number of rotatable bonds is 6. The van der Waals surface area contributed by atoms with Crippen molar-refractivity contribution < 1.29 is 23.8 Å². The maximum Gasteiger partial charge on any atom is 0.408 e. The lowest BCUT2D eigenvalue weighted by Crippen LogP contribution is -2.52. The number of ether oxygens (including phenoxy) is 1. The number of nitrogens with one attached hydrogen (secondary N) is 1. The highest BCUT2D eigenvalue weighted by Gasteiger charge is 2.38. The van der Waals surface area contributed by atoms with E-state index in [4.69, 9.17) is 4.74 Å². The first-order valence-electron chi connectivity index (χ1n) is 7.77. The van der Waals surface area contributed by atoms with Crippen molar-refractivity contribution in [2.24, 2.45) is 0 Å². The average molecular weight is 345 g/mol. The first kappa shape index (κ1) is 18.4. The number of carbonyl (C=O) groups excluding carboxylic acids is 1. The highest BCUT2D eigenvalue weighted by Crippen LogP contribution is 2.28. The summed E-state index contributed by atoms with van der Waals surface area (Å²) in [5.41, 5.74) is 0.414. The van der Waals surface area contributed by atoms with E-state index in [2.05, 4.69) is 5.32 Å². The first-order valence-corrected chi connectivity index (χ1v) is 7.77. The van der Waals surface area contributed by atoms with E-state index in [0.29, 0.717) is 5.56 Å². The highest BCUT2D eigenvalue weighted by molar-refractivity contribution is 5.81. The molecule has 0 bridgehead atoms. The van der Waals surface area contributed by atoms with E-state index in [-0.39, 0.29) is 6.61 Å². The molecule has 0 aliphatic heterocycles. The summed E-state index contributed by atoms with van der Waals surface area (Å²) in [5.74, 6) is -1.62. The van der Waals surface area contributed by atoms with Gasteiger partial charge in [0.05, 0.1) is 0 Å². The fourth-order valence-electron chi connectivity index (χ4n) is 2.48. The molecule has 1 amide bonds. The highest BCUT2D eigenvalue weighted by atomic mass is 19.1. The van der Waals surface area contributed by atoms with Crippen LogP contribution < -0.4 is 5.32 Å².